The standard InChI is InChI=1S/C19H23N3O2/c1-14-17(10-6-11-18(14)24-16-8-2-3-9-16)22-19(23)21-13-15-7-4-5-12-20-15/h4-7,10-12,16H,2-3,8-9,13H2,1H3,(H2,21,22,23). The minimum atomic E-state index is -0.248. The maximum Gasteiger partial charge on any atom is 0.319 e. The van der Waals surface area contributed by atoms with Crippen LogP contribution in [-0.4, -0.2) is 17.1 Å². The van der Waals surface area contributed by atoms with Gasteiger partial charge in [-0.25, -0.2) is 4.79 Å². The van der Waals surface area contributed by atoms with Crippen LogP contribution in [0.25, 0.3) is 0 Å². The Labute approximate surface area is 142 Å². The number of anilines is 1. The van der Waals surface area contributed by atoms with Gasteiger partial charge in [0.05, 0.1) is 18.3 Å². The molecule has 3 rings (SSSR count). The fourth-order valence-electron chi connectivity index (χ4n) is 2.90. The van der Waals surface area contributed by atoms with Crippen molar-refractivity contribution in [2.75, 3.05) is 5.32 Å². The van der Waals surface area contributed by atoms with Crippen molar-refractivity contribution in [3.05, 3.63) is 53.9 Å². The Kier molecular flexibility index (Phi) is 5.31. The predicted octanol–water partition coefficient (Wildman–Crippen LogP) is 4.03. The number of rotatable bonds is 5. The second-order valence-corrected chi connectivity index (χ2v) is 6.08. The molecule has 1 aromatic heterocycles. The minimum Gasteiger partial charge on any atom is -0.490 e. The highest BCUT2D eigenvalue weighted by Gasteiger charge is 2.18. The van der Waals surface area contributed by atoms with E-state index in [2.05, 4.69) is 15.6 Å². The molecule has 1 aromatic carbocycles. The van der Waals surface area contributed by atoms with Gasteiger partial charge in [-0.15, -0.1) is 0 Å². The summed E-state index contributed by atoms with van der Waals surface area (Å²) in [6, 6.07) is 11.1. The number of hydrogen-bond acceptors (Lipinski definition) is 3. The van der Waals surface area contributed by atoms with Gasteiger partial charge in [-0.1, -0.05) is 12.1 Å². The zero-order valence-electron chi connectivity index (χ0n) is 13.9. The van der Waals surface area contributed by atoms with Crippen molar-refractivity contribution in [3.63, 3.8) is 0 Å². The maximum absolute atomic E-state index is 12.1. The Morgan fingerprint density at radius 3 is 2.79 bits per heavy atom. The molecule has 2 amide bonds. The number of urea groups is 1. The van der Waals surface area contributed by atoms with Gasteiger partial charge in [0.15, 0.2) is 0 Å². The Bertz CT molecular complexity index is 682. The van der Waals surface area contributed by atoms with Gasteiger partial charge in [0, 0.05) is 17.4 Å². The third-order valence-corrected chi connectivity index (χ3v) is 4.28. The molecular formula is C19H23N3O2. The van der Waals surface area contributed by atoms with Crippen LogP contribution < -0.4 is 15.4 Å². The van der Waals surface area contributed by atoms with Crippen molar-refractivity contribution in [2.24, 2.45) is 0 Å². The topological polar surface area (TPSA) is 63.2 Å². The lowest BCUT2D eigenvalue weighted by atomic mass is 10.1. The first-order chi connectivity index (χ1) is 11.7. The van der Waals surface area contributed by atoms with Gasteiger partial charge in [0.2, 0.25) is 0 Å². The molecule has 0 bridgehead atoms. The van der Waals surface area contributed by atoms with E-state index in [9.17, 15) is 4.79 Å². The number of aromatic nitrogens is 1. The van der Waals surface area contributed by atoms with Crippen molar-refractivity contribution in [2.45, 2.75) is 45.3 Å². The summed E-state index contributed by atoms with van der Waals surface area (Å²) < 4.78 is 6.08. The van der Waals surface area contributed by atoms with E-state index in [0.29, 0.717) is 12.6 Å². The molecule has 1 aliphatic carbocycles. The maximum atomic E-state index is 12.1. The molecule has 1 aliphatic rings. The molecule has 24 heavy (non-hydrogen) atoms. The summed E-state index contributed by atoms with van der Waals surface area (Å²) >= 11 is 0. The summed E-state index contributed by atoms with van der Waals surface area (Å²) in [5.74, 6) is 0.851. The lowest BCUT2D eigenvalue weighted by molar-refractivity contribution is 0.209. The predicted molar refractivity (Wildman–Crippen MR) is 94.2 cm³/mol. The average molecular weight is 325 g/mol. The number of nitrogens with one attached hydrogen (secondary N) is 2. The number of amides is 2. The molecule has 0 saturated heterocycles. The number of pyridine rings is 1. The third kappa shape index (κ3) is 4.25. The highest BCUT2D eigenvalue weighted by atomic mass is 16.5. The largest absolute Gasteiger partial charge is 0.490 e. The van der Waals surface area contributed by atoms with Crippen LogP contribution >= 0.6 is 0 Å². The van der Waals surface area contributed by atoms with Crippen molar-refractivity contribution in [1.82, 2.24) is 10.3 Å². The van der Waals surface area contributed by atoms with Gasteiger partial charge in [-0.2, -0.15) is 0 Å². The second-order valence-electron chi connectivity index (χ2n) is 6.08. The van der Waals surface area contributed by atoms with Crippen LogP contribution in [0.2, 0.25) is 0 Å². The lowest BCUT2D eigenvalue weighted by Gasteiger charge is -2.17. The molecule has 0 radical (unpaired) electrons. The first-order valence-electron chi connectivity index (χ1n) is 8.43. The lowest BCUT2D eigenvalue weighted by Crippen LogP contribution is -2.28. The third-order valence-electron chi connectivity index (χ3n) is 4.28. The van der Waals surface area contributed by atoms with Crippen LogP contribution in [0.4, 0.5) is 10.5 Å². The number of ether oxygens (including phenoxy) is 1. The SMILES string of the molecule is Cc1c(NC(=O)NCc2ccccn2)cccc1OC1CCCC1. The molecule has 2 N–H and O–H groups in total. The zero-order chi connectivity index (χ0) is 16.8. The summed E-state index contributed by atoms with van der Waals surface area (Å²) in [7, 11) is 0. The van der Waals surface area contributed by atoms with E-state index in [4.69, 9.17) is 4.74 Å². The van der Waals surface area contributed by atoms with Crippen molar-refractivity contribution < 1.29 is 9.53 Å². The van der Waals surface area contributed by atoms with E-state index in [1.165, 1.54) is 12.8 Å². The summed E-state index contributed by atoms with van der Waals surface area (Å²) in [5.41, 5.74) is 2.55. The molecule has 0 unspecified atom stereocenters. The van der Waals surface area contributed by atoms with Gasteiger partial charge in [-0.05, 0) is 56.9 Å². The van der Waals surface area contributed by atoms with Crippen molar-refractivity contribution in [1.29, 1.82) is 0 Å². The summed E-state index contributed by atoms with van der Waals surface area (Å²) in [6.07, 6.45) is 6.71. The number of benzene rings is 1. The summed E-state index contributed by atoms with van der Waals surface area (Å²) in [5, 5.41) is 5.70. The van der Waals surface area contributed by atoms with E-state index in [1.807, 2.05) is 43.3 Å². The first kappa shape index (κ1) is 16.3. The Hall–Kier alpha value is -2.56. The molecule has 2 aromatic rings. The fraction of sp³-hybridized carbons (Fsp3) is 0.368. The number of hydrogen-bond donors (Lipinski definition) is 2. The number of nitrogens with zero attached hydrogens (tertiary/aromatic N) is 1. The highest BCUT2D eigenvalue weighted by Crippen LogP contribution is 2.30. The average Bonchev–Trinajstić information content (AvgIpc) is 3.11. The molecule has 0 atom stereocenters. The minimum absolute atomic E-state index is 0.248. The first-order valence-corrected chi connectivity index (χ1v) is 8.43. The van der Waals surface area contributed by atoms with E-state index in [1.54, 1.807) is 6.20 Å². The van der Waals surface area contributed by atoms with Gasteiger partial charge < -0.3 is 15.4 Å². The number of carbonyl (C=O) groups is 1. The molecule has 5 nitrogen and oxygen atoms in total. The normalized spacial score (nSPS) is 14.4. The Morgan fingerprint density at radius 2 is 2.04 bits per heavy atom. The molecule has 1 fully saturated rings. The molecule has 5 heteroatoms. The van der Waals surface area contributed by atoms with Crippen molar-refractivity contribution in [3.8, 4) is 5.75 Å². The molecule has 0 aliphatic heterocycles. The smallest absolute Gasteiger partial charge is 0.319 e. The quantitative estimate of drug-likeness (QED) is 0.872. The van der Waals surface area contributed by atoms with Crippen LogP contribution in [0.1, 0.15) is 36.9 Å². The molecular weight excluding hydrogens is 302 g/mol. The number of carbonyl (C=O) groups excluding carboxylic acids is 1. The zero-order valence-corrected chi connectivity index (χ0v) is 13.9. The molecule has 0 spiro atoms. The molecule has 1 heterocycles. The van der Waals surface area contributed by atoms with Gasteiger partial charge in [-0.3, -0.25) is 4.98 Å². The van der Waals surface area contributed by atoms with Gasteiger partial charge >= 0.3 is 6.03 Å². The Morgan fingerprint density at radius 1 is 1.21 bits per heavy atom. The summed E-state index contributed by atoms with van der Waals surface area (Å²) in [6.45, 7) is 2.36. The van der Waals surface area contributed by atoms with E-state index >= 15 is 0 Å². The molecule has 126 valence electrons. The monoisotopic (exact) mass is 325 g/mol. The Balaban J connectivity index is 1.58. The highest BCUT2D eigenvalue weighted by molar-refractivity contribution is 5.90. The van der Waals surface area contributed by atoms with Crippen LogP contribution in [0.3, 0.4) is 0 Å². The van der Waals surface area contributed by atoms with Gasteiger partial charge in [0.25, 0.3) is 0 Å². The van der Waals surface area contributed by atoms with E-state index < -0.39 is 0 Å². The van der Waals surface area contributed by atoms with Crippen molar-refractivity contribution >= 4 is 11.7 Å². The van der Waals surface area contributed by atoms with Crippen LogP contribution in [0.15, 0.2) is 42.6 Å². The van der Waals surface area contributed by atoms with Crippen LogP contribution in [0.5, 0.6) is 5.75 Å². The fourth-order valence-corrected chi connectivity index (χ4v) is 2.90. The molecule has 1 saturated carbocycles. The van der Waals surface area contributed by atoms with Crippen LogP contribution in [0, 0.1) is 6.92 Å². The van der Waals surface area contributed by atoms with Gasteiger partial charge in [0.1, 0.15) is 5.75 Å². The summed E-state index contributed by atoms with van der Waals surface area (Å²) in [4.78, 5) is 16.3. The second kappa shape index (κ2) is 7.81. The van der Waals surface area contributed by atoms with Crippen LogP contribution in [-0.2, 0) is 6.54 Å². The van der Waals surface area contributed by atoms with E-state index in [-0.39, 0.29) is 6.03 Å². The van der Waals surface area contributed by atoms with E-state index in [0.717, 1.165) is 35.5 Å².